The highest BCUT2D eigenvalue weighted by molar-refractivity contribution is 9.10. The molecule has 0 fully saturated rings. The van der Waals surface area contributed by atoms with Gasteiger partial charge in [-0.3, -0.25) is 0 Å². The van der Waals surface area contributed by atoms with E-state index in [0.717, 1.165) is 21.1 Å². The monoisotopic (exact) mass is 257 g/mol. The van der Waals surface area contributed by atoms with Crippen LogP contribution in [0.2, 0.25) is 0 Å². The summed E-state index contributed by atoms with van der Waals surface area (Å²) in [6.07, 6.45) is 0. The molecule has 0 radical (unpaired) electrons. The smallest absolute Gasteiger partial charge is 0.231 e. The molecular formula is C8H4BrNO2S. The van der Waals surface area contributed by atoms with Crippen molar-refractivity contribution >= 4 is 27.7 Å². The van der Waals surface area contributed by atoms with Gasteiger partial charge in [0.2, 0.25) is 6.79 Å². The topological polar surface area (TPSA) is 42.2 Å². The molecule has 0 atom stereocenters. The summed E-state index contributed by atoms with van der Waals surface area (Å²) in [4.78, 5) is 0.775. The zero-order valence-corrected chi connectivity index (χ0v) is 8.81. The van der Waals surface area contributed by atoms with Gasteiger partial charge in [0.15, 0.2) is 11.5 Å². The molecule has 1 aromatic carbocycles. The molecular weight excluding hydrogens is 254 g/mol. The molecule has 1 aliphatic rings. The average molecular weight is 258 g/mol. The van der Waals surface area contributed by atoms with Crippen molar-refractivity contribution in [3.8, 4) is 16.9 Å². The van der Waals surface area contributed by atoms with Crippen molar-refractivity contribution < 1.29 is 9.47 Å². The number of benzene rings is 1. The molecule has 1 aliphatic heterocycles. The Morgan fingerprint density at radius 2 is 2.31 bits per heavy atom. The molecule has 0 amide bonds. The lowest BCUT2D eigenvalue weighted by atomic mass is 10.3. The number of thioether (sulfide) groups is 1. The SMILES string of the molecule is N#CSc1c(Br)ccc2c1OCO2. The van der Waals surface area contributed by atoms with Gasteiger partial charge in [0.25, 0.3) is 0 Å². The zero-order valence-electron chi connectivity index (χ0n) is 6.41. The molecule has 0 aliphatic carbocycles. The molecule has 0 spiro atoms. The lowest BCUT2D eigenvalue weighted by molar-refractivity contribution is 0.172. The van der Waals surface area contributed by atoms with Gasteiger partial charge in [-0.1, -0.05) is 0 Å². The lowest BCUT2D eigenvalue weighted by Gasteiger charge is -2.02. The predicted molar refractivity (Wildman–Crippen MR) is 51.7 cm³/mol. The first-order chi connectivity index (χ1) is 6.33. The summed E-state index contributed by atoms with van der Waals surface area (Å²) < 4.78 is 11.3. The highest BCUT2D eigenvalue weighted by Crippen LogP contribution is 2.44. The van der Waals surface area contributed by atoms with Crippen LogP contribution in [0.1, 0.15) is 0 Å². The van der Waals surface area contributed by atoms with Crippen molar-refractivity contribution in [1.82, 2.24) is 0 Å². The first-order valence-electron chi connectivity index (χ1n) is 3.47. The van der Waals surface area contributed by atoms with Crippen molar-refractivity contribution in [2.45, 2.75) is 4.90 Å². The average Bonchev–Trinajstić information content (AvgIpc) is 2.58. The van der Waals surface area contributed by atoms with Crippen LogP contribution in [0.15, 0.2) is 21.5 Å². The van der Waals surface area contributed by atoms with E-state index in [9.17, 15) is 0 Å². The molecule has 0 saturated heterocycles. The third kappa shape index (κ3) is 1.47. The molecule has 13 heavy (non-hydrogen) atoms. The molecule has 0 bridgehead atoms. The molecule has 0 aromatic heterocycles. The van der Waals surface area contributed by atoms with Gasteiger partial charge in [-0.25, -0.2) is 0 Å². The standard InChI is InChI=1S/C8H4BrNO2S/c9-5-1-2-6-7(12-4-11-6)8(5)13-3-10/h1-2H,4H2. The van der Waals surface area contributed by atoms with Gasteiger partial charge < -0.3 is 9.47 Å². The van der Waals surface area contributed by atoms with E-state index in [1.54, 1.807) is 0 Å². The second-order valence-electron chi connectivity index (χ2n) is 2.30. The van der Waals surface area contributed by atoms with Crippen LogP contribution in [0.25, 0.3) is 0 Å². The summed E-state index contributed by atoms with van der Waals surface area (Å²) >= 11 is 4.40. The second-order valence-corrected chi connectivity index (χ2v) is 3.95. The second kappa shape index (κ2) is 3.48. The number of halogens is 1. The number of nitrogens with zero attached hydrogens (tertiary/aromatic N) is 1. The molecule has 66 valence electrons. The van der Waals surface area contributed by atoms with E-state index in [0.29, 0.717) is 11.5 Å². The van der Waals surface area contributed by atoms with E-state index in [1.807, 2.05) is 17.5 Å². The molecule has 0 unspecified atom stereocenters. The fourth-order valence-corrected chi connectivity index (χ4v) is 2.13. The highest BCUT2D eigenvalue weighted by atomic mass is 79.9. The van der Waals surface area contributed by atoms with E-state index in [1.165, 1.54) is 0 Å². The number of hydrogen-bond donors (Lipinski definition) is 0. The normalized spacial score (nSPS) is 12.6. The van der Waals surface area contributed by atoms with Crippen molar-refractivity contribution in [3.63, 3.8) is 0 Å². The van der Waals surface area contributed by atoms with E-state index < -0.39 is 0 Å². The first kappa shape index (κ1) is 8.73. The number of hydrogen-bond acceptors (Lipinski definition) is 4. The molecule has 0 saturated carbocycles. The van der Waals surface area contributed by atoms with Crippen molar-refractivity contribution in [2.75, 3.05) is 6.79 Å². The zero-order chi connectivity index (χ0) is 9.26. The van der Waals surface area contributed by atoms with Crippen LogP contribution in [-0.2, 0) is 0 Å². The maximum atomic E-state index is 8.57. The Bertz CT molecular complexity index is 388. The Balaban J connectivity index is 2.53. The van der Waals surface area contributed by atoms with E-state index in [-0.39, 0.29) is 6.79 Å². The third-order valence-electron chi connectivity index (χ3n) is 1.59. The highest BCUT2D eigenvalue weighted by Gasteiger charge is 2.20. The van der Waals surface area contributed by atoms with Gasteiger partial charge in [-0.15, -0.1) is 0 Å². The summed E-state index contributed by atoms with van der Waals surface area (Å²) in [5.74, 6) is 1.35. The Morgan fingerprint density at radius 3 is 3.08 bits per heavy atom. The Labute approximate surface area is 87.8 Å². The summed E-state index contributed by atoms with van der Waals surface area (Å²) in [5.41, 5.74) is 0. The van der Waals surface area contributed by atoms with Crippen LogP contribution in [0.3, 0.4) is 0 Å². The van der Waals surface area contributed by atoms with Crippen LogP contribution in [0.4, 0.5) is 0 Å². The first-order valence-corrected chi connectivity index (χ1v) is 5.08. The van der Waals surface area contributed by atoms with E-state index in [4.69, 9.17) is 14.7 Å². The van der Waals surface area contributed by atoms with Gasteiger partial charge in [-0.2, -0.15) is 5.26 Å². The largest absolute Gasteiger partial charge is 0.454 e. The van der Waals surface area contributed by atoms with Gasteiger partial charge in [0, 0.05) is 4.47 Å². The minimum absolute atomic E-state index is 0.227. The van der Waals surface area contributed by atoms with Crippen molar-refractivity contribution in [2.24, 2.45) is 0 Å². The van der Waals surface area contributed by atoms with Gasteiger partial charge in [-0.05, 0) is 39.8 Å². The van der Waals surface area contributed by atoms with Crippen LogP contribution < -0.4 is 9.47 Å². The minimum atomic E-state index is 0.227. The number of thiocyanates is 1. The molecule has 5 heteroatoms. The Kier molecular flexibility index (Phi) is 2.34. The molecule has 1 aromatic rings. The summed E-state index contributed by atoms with van der Waals surface area (Å²) in [6, 6.07) is 3.65. The van der Waals surface area contributed by atoms with Crippen LogP contribution in [0, 0.1) is 10.7 Å². The number of fused-ring (bicyclic) bond motifs is 1. The summed E-state index contributed by atoms with van der Waals surface area (Å²) in [7, 11) is 0. The van der Waals surface area contributed by atoms with Crippen LogP contribution >= 0.6 is 27.7 Å². The Hall–Kier alpha value is -0.860. The molecule has 2 rings (SSSR count). The maximum absolute atomic E-state index is 8.57. The predicted octanol–water partition coefficient (Wildman–Crippen LogP) is 2.75. The van der Waals surface area contributed by atoms with Crippen LogP contribution in [-0.4, -0.2) is 6.79 Å². The molecule has 1 heterocycles. The third-order valence-corrected chi connectivity index (χ3v) is 3.22. The number of rotatable bonds is 1. The fourth-order valence-electron chi connectivity index (χ4n) is 1.06. The van der Waals surface area contributed by atoms with Crippen LogP contribution in [0.5, 0.6) is 11.5 Å². The number of ether oxygens (including phenoxy) is 2. The lowest BCUT2D eigenvalue weighted by Crippen LogP contribution is -1.93. The summed E-state index contributed by atoms with van der Waals surface area (Å²) in [6.45, 7) is 0.227. The van der Waals surface area contributed by atoms with E-state index >= 15 is 0 Å². The van der Waals surface area contributed by atoms with Gasteiger partial charge in [0.05, 0.1) is 4.90 Å². The van der Waals surface area contributed by atoms with Gasteiger partial charge in [0.1, 0.15) is 5.40 Å². The van der Waals surface area contributed by atoms with Crippen molar-refractivity contribution in [3.05, 3.63) is 16.6 Å². The Morgan fingerprint density at radius 1 is 1.46 bits per heavy atom. The van der Waals surface area contributed by atoms with Gasteiger partial charge >= 0.3 is 0 Å². The summed E-state index contributed by atoms with van der Waals surface area (Å²) in [5, 5.41) is 10.6. The molecule has 0 N–H and O–H groups in total. The minimum Gasteiger partial charge on any atom is -0.454 e. The fraction of sp³-hybridized carbons (Fsp3) is 0.125. The maximum Gasteiger partial charge on any atom is 0.231 e. The van der Waals surface area contributed by atoms with E-state index in [2.05, 4.69) is 15.9 Å². The van der Waals surface area contributed by atoms with Crippen molar-refractivity contribution in [1.29, 1.82) is 5.26 Å². The molecule has 3 nitrogen and oxygen atoms in total. The quantitative estimate of drug-likeness (QED) is 0.573. The number of nitriles is 1.